The molecule has 0 amide bonds. The van der Waals surface area contributed by atoms with Crippen molar-refractivity contribution in [3.8, 4) is 0 Å². The maximum Gasteiger partial charge on any atom is 0.306 e. The van der Waals surface area contributed by atoms with Gasteiger partial charge in [0.05, 0.1) is 5.92 Å². The van der Waals surface area contributed by atoms with E-state index in [1.165, 1.54) is 0 Å². The Morgan fingerprint density at radius 2 is 2.47 bits per heavy atom. The van der Waals surface area contributed by atoms with Gasteiger partial charge in [-0.1, -0.05) is 13.0 Å². The molecule has 0 saturated heterocycles. The fraction of sp³-hybridized carbons (Fsp3) is 0.500. The van der Waals surface area contributed by atoms with Crippen LogP contribution in [-0.4, -0.2) is 16.1 Å². The van der Waals surface area contributed by atoms with E-state index in [4.69, 9.17) is 5.11 Å². The van der Waals surface area contributed by atoms with Crippen LogP contribution in [0, 0.1) is 11.8 Å². The molecule has 1 aromatic rings. The summed E-state index contributed by atoms with van der Waals surface area (Å²) in [4.78, 5) is 15.0. The molecule has 1 saturated carbocycles. The van der Waals surface area contributed by atoms with Gasteiger partial charge in [-0.2, -0.15) is 0 Å². The first-order valence-electron chi connectivity index (χ1n) is 5.32. The van der Waals surface area contributed by atoms with Crippen molar-refractivity contribution in [3.05, 3.63) is 30.1 Å². The highest BCUT2D eigenvalue weighted by molar-refractivity contribution is 5.73. The van der Waals surface area contributed by atoms with Crippen LogP contribution in [0.25, 0.3) is 0 Å². The van der Waals surface area contributed by atoms with Gasteiger partial charge in [0.15, 0.2) is 0 Å². The van der Waals surface area contributed by atoms with Crippen LogP contribution >= 0.6 is 0 Å². The first-order valence-corrected chi connectivity index (χ1v) is 5.32. The third-order valence-electron chi connectivity index (χ3n) is 3.09. The molecule has 3 atom stereocenters. The van der Waals surface area contributed by atoms with E-state index in [0.29, 0.717) is 11.8 Å². The van der Waals surface area contributed by atoms with Crippen molar-refractivity contribution in [1.82, 2.24) is 4.98 Å². The third-order valence-corrected chi connectivity index (χ3v) is 3.09. The summed E-state index contributed by atoms with van der Waals surface area (Å²) in [6, 6.07) is 5.87. The van der Waals surface area contributed by atoms with Gasteiger partial charge in [0, 0.05) is 11.9 Å². The van der Waals surface area contributed by atoms with Crippen molar-refractivity contribution in [2.45, 2.75) is 25.7 Å². The number of nitrogens with zero attached hydrogens (tertiary/aromatic N) is 1. The summed E-state index contributed by atoms with van der Waals surface area (Å²) >= 11 is 0. The maximum absolute atomic E-state index is 10.7. The van der Waals surface area contributed by atoms with E-state index in [0.717, 1.165) is 18.5 Å². The second kappa shape index (κ2) is 4.01. The van der Waals surface area contributed by atoms with Gasteiger partial charge in [-0.3, -0.25) is 9.78 Å². The topological polar surface area (TPSA) is 50.2 Å². The number of hydrogen-bond acceptors (Lipinski definition) is 2. The third kappa shape index (κ3) is 2.35. The van der Waals surface area contributed by atoms with Gasteiger partial charge < -0.3 is 5.11 Å². The van der Waals surface area contributed by atoms with Crippen LogP contribution in [0.5, 0.6) is 0 Å². The number of carboxylic acids is 1. The van der Waals surface area contributed by atoms with Gasteiger partial charge in [-0.05, 0) is 36.8 Å². The van der Waals surface area contributed by atoms with Crippen molar-refractivity contribution in [1.29, 1.82) is 0 Å². The first-order chi connectivity index (χ1) is 7.18. The summed E-state index contributed by atoms with van der Waals surface area (Å²) in [7, 11) is 0. The Morgan fingerprint density at radius 3 is 3.00 bits per heavy atom. The van der Waals surface area contributed by atoms with Crippen LogP contribution in [0.3, 0.4) is 0 Å². The predicted octanol–water partition coefficient (Wildman–Crippen LogP) is 2.30. The lowest BCUT2D eigenvalue weighted by Gasteiger charge is -2.09. The first kappa shape index (κ1) is 10.1. The number of pyridine rings is 1. The molecule has 0 radical (unpaired) electrons. The van der Waals surface area contributed by atoms with Crippen molar-refractivity contribution in [3.63, 3.8) is 0 Å². The summed E-state index contributed by atoms with van der Waals surface area (Å²) in [5.41, 5.74) is 1.06. The molecule has 0 spiro atoms. The molecule has 1 aliphatic rings. The van der Waals surface area contributed by atoms with Crippen LogP contribution in [-0.2, 0) is 4.79 Å². The molecule has 3 heteroatoms. The Bertz CT molecular complexity index is 350. The molecule has 3 unspecified atom stereocenters. The van der Waals surface area contributed by atoms with E-state index in [1.54, 1.807) is 6.20 Å². The van der Waals surface area contributed by atoms with Crippen LogP contribution in [0.2, 0.25) is 0 Å². The molecule has 80 valence electrons. The van der Waals surface area contributed by atoms with Gasteiger partial charge >= 0.3 is 5.97 Å². The highest BCUT2D eigenvalue weighted by Gasteiger charge is 2.43. The minimum Gasteiger partial charge on any atom is -0.481 e. The monoisotopic (exact) mass is 205 g/mol. The summed E-state index contributed by atoms with van der Waals surface area (Å²) in [6.07, 6.45) is 3.56. The SMILES string of the molecule is CC(CC1CC1C(=O)O)c1ccccn1. The van der Waals surface area contributed by atoms with Crippen LogP contribution in [0.15, 0.2) is 24.4 Å². The Hall–Kier alpha value is -1.38. The summed E-state index contributed by atoms with van der Waals surface area (Å²) in [6.45, 7) is 2.11. The van der Waals surface area contributed by atoms with E-state index in [1.807, 2.05) is 18.2 Å². The lowest BCUT2D eigenvalue weighted by molar-refractivity contribution is -0.138. The molecule has 1 N–H and O–H groups in total. The molecule has 0 bridgehead atoms. The molecular formula is C12H15NO2. The van der Waals surface area contributed by atoms with Gasteiger partial charge in [-0.25, -0.2) is 0 Å². The Morgan fingerprint density at radius 1 is 1.67 bits per heavy atom. The lowest BCUT2D eigenvalue weighted by atomic mass is 9.99. The van der Waals surface area contributed by atoms with Gasteiger partial charge in [0.25, 0.3) is 0 Å². The molecule has 0 aliphatic heterocycles. The van der Waals surface area contributed by atoms with Gasteiger partial charge in [0.1, 0.15) is 0 Å². The Balaban J connectivity index is 1.89. The lowest BCUT2D eigenvalue weighted by Crippen LogP contribution is -2.03. The zero-order valence-corrected chi connectivity index (χ0v) is 8.76. The molecule has 3 nitrogen and oxygen atoms in total. The summed E-state index contributed by atoms with van der Waals surface area (Å²) in [5, 5.41) is 8.79. The maximum atomic E-state index is 10.7. The van der Waals surface area contributed by atoms with Gasteiger partial charge in [-0.15, -0.1) is 0 Å². The normalized spacial score (nSPS) is 25.9. The minimum atomic E-state index is -0.645. The Labute approximate surface area is 89.2 Å². The zero-order chi connectivity index (χ0) is 10.8. The van der Waals surface area contributed by atoms with Crippen molar-refractivity contribution < 1.29 is 9.90 Å². The second-order valence-electron chi connectivity index (χ2n) is 4.33. The van der Waals surface area contributed by atoms with E-state index < -0.39 is 5.97 Å². The minimum absolute atomic E-state index is 0.101. The quantitative estimate of drug-likeness (QED) is 0.820. The molecule has 1 aliphatic carbocycles. The van der Waals surface area contributed by atoms with Crippen LogP contribution in [0.1, 0.15) is 31.4 Å². The Kier molecular flexibility index (Phi) is 2.71. The molecular weight excluding hydrogens is 190 g/mol. The fourth-order valence-corrected chi connectivity index (χ4v) is 2.05. The second-order valence-corrected chi connectivity index (χ2v) is 4.33. The molecule has 1 fully saturated rings. The number of aromatic nitrogens is 1. The molecule has 1 heterocycles. The standard InChI is InChI=1S/C12H15NO2/c1-8(11-4-2-3-5-13-11)6-9-7-10(9)12(14)15/h2-5,8-10H,6-7H2,1H3,(H,14,15). The van der Waals surface area contributed by atoms with E-state index in [-0.39, 0.29) is 5.92 Å². The number of aliphatic carboxylic acids is 1. The number of carbonyl (C=O) groups is 1. The van der Waals surface area contributed by atoms with E-state index in [9.17, 15) is 4.79 Å². The van der Waals surface area contributed by atoms with Crippen molar-refractivity contribution in [2.24, 2.45) is 11.8 Å². The van der Waals surface area contributed by atoms with Crippen LogP contribution in [0.4, 0.5) is 0 Å². The molecule has 1 aromatic heterocycles. The smallest absolute Gasteiger partial charge is 0.306 e. The highest BCUT2D eigenvalue weighted by Crippen LogP contribution is 2.44. The largest absolute Gasteiger partial charge is 0.481 e. The summed E-state index contributed by atoms with van der Waals surface area (Å²) in [5.74, 6) is -0.0237. The number of hydrogen-bond donors (Lipinski definition) is 1. The van der Waals surface area contributed by atoms with E-state index in [2.05, 4.69) is 11.9 Å². The number of rotatable bonds is 4. The van der Waals surface area contributed by atoms with Crippen LogP contribution < -0.4 is 0 Å². The van der Waals surface area contributed by atoms with Gasteiger partial charge in [0.2, 0.25) is 0 Å². The molecule has 15 heavy (non-hydrogen) atoms. The average Bonchev–Trinajstić information content (AvgIpc) is 2.98. The molecule has 2 rings (SSSR count). The average molecular weight is 205 g/mol. The highest BCUT2D eigenvalue weighted by atomic mass is 16.4. The van der Waals surface area contributed by atoms with E-state index >= 15 is 0 Å². The fourth-order valence-electron chi connectivity index (χ4n) is 2.05. The zero-order valence-electron chi connectivity index (χ0n) is 8.76. The predicted molar refractivity (Wildman–Crippen MR) is 56.5 cm³/mol. The molecule has 0 aromatic carbocycles. The van der Waals surface area contributed by atoms with Crippen molar-refractivity contribution >= 4 is 5.97 Å². The van der Waals surface area contributed by atoms with Crippen molar-refractivity contribution in [2.75, 3.05) is 0 Å². The summed E-state index contributed by atoms with van der Waals surface area (Å²) < 4.78 is 0. The number of carboxylic acid groups (broad SMARTS) is 1.